The number of ether oxygens (including phenoxy) is 2. The van der Waals surface area contributed by atoms with Crippen molar-refractivity contribution in [3.63, 3.8) is 0 Å². The van der Waals surface area contributed by atoms with Gasteiger partial charge in [-0.3, -0.25) is 0 Å². The molecule has 2 aromatic carbocycles. The summed E-state index contributed by atoms with van der Waals surface area (Å²) >= 11 is 0. The number of hydrogen-bond donors (Lipinski definition) is 1. The molecule has 0 bridgehead atoms. The van der Waals surface area contributed by atoms with Crippen molar-refractivity contribution in [2.24, 2.45) is 5.73 Å². The SMILES string of the molecule is C=CCC[C@H](N)c1ccc(OCc2ccccc2)c(OCC)c1. The van der Waals surface area contributed by atoms with E-state index in [9.17, 15) is 0 Å². The van der Waals surface area contributed by atoms with Crippen LogP contribution in [0.25, 0.3) is 0 Å². The summed E-state index contributed by atoms with van der Waals surface area (Å²) in [7, 11) is 0. The van der Waals surface area contributed by atoms with Crippen LogP contribution in [0.1, 0.15) is 36.9 Å². The van der Waals surface area contributed by atoms with Crippen LogP contribution < -0.4 is 15.2 Å². The summed E-state index contributed by atoms with van der Waals surface area (Å²) in [6.45, 7) is 6.81. The second-order valence-corrected chi connectivity index (χ2v) is 5.39. The van der Waals surface area contributed by atoms with E-state index in [-0.39, 0.29) is 6.04 Å². The largest absolute Gasteiger partial charge is 0.490 e. The molecule has 2 N–H and O–H groups in total. The highest BCUT2D eigenvalue weighted by molar-refractivity contribution is 5.44. The van der Waals surface area contributed by atoms with Crippen LogP contribution in [0.5, 0.6) is 11.5 Å². The topological polar surface area (TPSA) is 44.5 Å². The van der Waals surface area contributed by atoms with Gasteiger partial charge in [0.1, 0.15) is 6.61 Å². The second kappa shape index (κ2) is 9.01. The van der Waals surface area contributed by atoms with Crippen molar-refractivity contribution in [3.8, 4) is 11.5 Å². The third-order valence-electron chi connectivity index (χ3n) is 3.61. The Bertz CT molecular complexity index is 610. The summed E-state index contributed by atoms with van der Waals surface area (Å²) < 4.78 is 11.6. The van der Waals surface area contributed by atoms with Crippen molar-refractivity contribution < 1.29 is 9.47 Å². The Morgan fingerprint density at radius 1 is 1.09 bits per heavy atom. The summed E-state index contributed by atoms with van der Waals surface area (Å²) in [4.78, 5) is 0. The van der Waals surface area contributed by atoms with Gasteiger partial charge in [-0.15, -0.1) is 6.58 Å². The molecule has 0 spiro atoms. The summed E-state index contributed by atoms with van der Waals surface area (Å²) in [6.07, 6.45) is 3.66. The zero-order chi connectivity index (χ0) is 16.5. The van der Waals surface area contributed by atoms with Crippen molar-refractivity contribution >= 4 is 0 Å². The lowest BCUT2D eigenvalue weighted by Crippen LogP contribution is -2.10. The van der Waals surface area contributed by atoms with Crippen LogP contribution in [-0.2, 0) is 6.61 Å². The Balaban J connectivity index is 2.10. The first-order chi connectivity index (χ1) is 11.2. The first kappa shape index (κ1) is 17.1. The Labute approximate surface area is 138 Å². The summed E-state index contributed by atoms with van der Waals surface area (Å²) in [5.41, 5.74) is 8.40. The lowest BCUT2D eigenvalue weighted by molar-refractivity contribution is 0.269. The zero-order valence-corrected chi connectivity index (χ0v) is 13.7. The Kier molecular flexibility index (Phi) is 6.70. The summed E-state index contributed by atoms with van der Waals surface area (Å²) in [5.74, 6) is 1.49. The average Bonchev–Trinajstić information content (AvgIpc) is 2.59. The summed E-state index contributed by atoms with van der Waals surface area (Å²) in [5, 5.41) is 0. The molecule has 3 heteroatoms. The number of rotatable bonds is 9. The van der Waals surface area contributed by atoms with Gasteiger partial charge in [0.15, 0.2) is 11.5 Å². The van der Waals surface area contributed by atoms with E-state index in [4.69, 9.17) is 15.2 Å². The lowest BCUT2D eigenvalue weighted by Gasteiger charge is -2.16. The van der Waals surface area contributed by atoms with E-state index in [1.54, 1.807) is 0 Å². The highest BCUT2D eigenvalue weighted by atomic mass is 16.5. The van der Waals surface area contributed by atoms with E-state index in [1.807, 2.05) is 61.5 Å². The minimum atomic E-state index is -0.0182. The van der Waals surface area contributed by atoms with Gasteiger partial charge in [-0.05, 0) is 43.0 Å². The standard InChI is InChI=1S/C20H25NO2/c1-3-5-11-18(21)17-12-13-19(20(14-17)22-4-2)23-15-16-9-7-6-8-10-16/h3,6-10,12-14,18H,1,4-5,11,15,21H2,2H3/t18-/m0/s1. The quantitative estimate of drug-likeness (QED) is 0.687. The molecule has 0 fully saturated rings. The fourth-order valence-corrected chi connectivity index (χ4v) is 2.34. The average molecular weight is 311 g/mol. The van der Waals surface area contributed by atoms with Gasteiger partial charge in [0.25, 0.3) is 0 Å². The van der Waals surface area contributed by atoms with Gasteiger partial charge >= 0.3 is 0 Å². The van der Waals surface area contributed by atoms with Crippen molar-refractivity contribution in [2.45, 2.75) is 32.4 Å². The van der Waals surface area contributed by atoms with Gasteiger partial charge in [0.2, 0.25) is 0 Å². The minimum absolute atomic E-state index is 0.0182. The fourth-order valence-electron chi connectivity index (χ4n) is 2.34. The van der Waals surface area contributed by atoms with Crippen molar-refractivity contribution in [1.82, 2.24) is 0 Å². The molecule has 0 aliphatic carbocycles. The van der Waals surface area contributed by atoms with Crippen molar-refractivity contribution in [1.29, 1.82) is 0 Å². The predicted octanol–water partition coefficient (Wildman–Crippen LogP) is 4.63. The van der Waals surface area contributed by atoms with Gasteiger partial charge in [-0.25, -0.2) is 0 Å². The number of benzene rings is 2. The lowest BCUT2D eigenvalue weighted by atomic mass is 10.0. The highest BCUT2D eigenvalue weighted by Crippen LogP contribution is 2.31. The van der Waals surface area contributed by atoms with Crippen LogP contribution in [-0.4, -0.2) is 6.61 Å². The normalized spacial score (nSPS) is 11.7. The first-order valence-corrected chi connectivity index (χ1v) is 8.04. The zero-order valence-electron chi connectivity index (χ0n) is 13.7. The van der Waals surface area contributed by atoms with Crippen LogP contribution in [0.4, 0.5) is 0 Å². The Hall–Kier alpha value is -2.26. The maximum Gasteiger partial charge on any atom is 0.161 e. The van der Waals surface area contributed by atoms with E-state index in [0.717, 1.165) is 35.5 Å². The van der Waals surface area contributed by atoms with Crippen molar-refractivity contribution in [2.75, 3.05) is 6.61 Å². The fraction of sp³-hybridized carbons (Fsp3) is 0.300. The maximum absolute atomic E-state index is 6.22. The molecule has 122 valence electrons. The van der Waals surface area contributed by atoms with E-state index in [1.165, 1.54) is 0 Å². The van der Waals surface area contributed by atoms with Crippen molar-refractivity contribution in [3.05, 3.63) is 72.3 Å². The minimum Gasteiger partial charge on any atom is -0.490 e. The molecule has 0 unspecified atom stereocenters. The maximum atomic E-state index is 6.22. The molecule has 0 aromatic heterocycles. The van der Waals surface area contributed by atoms with E-state index < -0.39 is 0 Å². The van der Waals surface area contributed by atoms with Crippen LogP contribution in [0.2, 0.25) is 0 Å². The molecule has 2 aromatic rings. The second-order valence-electron chi connectivity index (χ2n) is 5.39. The molecule has 23 heavy (non-hydrogen) atoms. The molecule has 3 nitrogen and oxygen atoms in total. The van der Waals surface area contributed by atoms with E-state index >= 15 is 0 Å². The molecule has 0 heterocycles. The van der Waals surface area contributed by atoms with Crippen LogP contribution >= 0.6 is 0 Å². The first-order valence-electron chi connectivity index (χ1n) is 8.04. The third-order valence-corrected chi connectivity index (χ3v) is 3.61. The number of allylic oxidation sites excluding steroid dienone is 1. The van der Waals surface area contributed by atoms with E-state index in [0.29, 0.717) is 13.2 Å². The Morgan fingerprint density at radius 3 is 2.57 bits per heavy atom. The van der Waals surface area contributed by atoms with Gasteiger partial charge < -0.3 is 15.2 Å². The number of nitrogens with two attached hydrogens (primary N) is 1. The molecular formula is C20H25NO2. The van der Waals surface area contributed by atoms with Gasteiger partial charge in [-0.2, -0.15) is 0 Å². The van der Waals surface area contributed by atoms with Crippen LogP contribution in [0, 0.1) is 0 Å². The molecule has 0 saturated carbocycles. The smallest absolute Gasteiger partial charge is 0.161 e. The van der Waals surface area contributed by atoms with Gasteiger partial charge in [-0.1, -0.05) is 42.5 Å². The molecule has 0 aliphatic rings. The van der Waals surface area contributed by atoms with E-state index in [2.05, 4.69) is 6.58 Å². The molecule has 1 atom stereocenters. The van der Waals surface area contributed by atoms with Crippen LogP contribution in [0.3, 0.4) is 0 Å². The van der Waals surface area contributed by atoms with Crippen LogP contribution in [0.15, 0.2) is 61.2 Å². The summed E-state index contributed by atoms with van der Waals surface area (Å²) in [6, 6.07) is 16.0. The molecule has 0 saturated heterocycles. The number of hydrogen-bond acceptors (Lipinski definition) is 3. The Morgan fingerprint density at radius 2 is 1.87 bits per heavy atom. The van der Waals surface area contributed by atoms with Gasteiger partial charge in [0.05, 0.1) is 6.61 Å². The van der Waals surface area contributed by atoms with Gasteiger partial charge in [0, 0.05) is 6.04 Å². The third kappa shape index (κ3) is 5.15. The highest BCUT2D eigenvalue weighted by Gasteiger charge is 2.11. The molecule has 0 radical (unpaired) electrons. The molecule has 2 rings (SSSR count). The monoisotopic (exact) mass is 311 g/mol. The predicted molar refractivity (Wildman–Crippen MR) is 94.7 cm³/mol. The molecular weight excluding hydrogens is 286 g/mol. The molecule has 0 amide bonds. The molecule has 0 aliphatic heterocycles.